The first-order valence-corrected chi connectivity index (χ1v) is 7.96. The van der Waals surface area contributed by atoms with E-state index in [0.29, 0.717) is 24.5 Å². The van der Waals surface area contributed by atoms with Crippen LogP contribution in [0.15, 0.2) is 0 Å². The fourth-order valence-corrected chi connectivity index (χ4v) is 2.40. The summed E-state index contributed by atoms with van der Waals surface area (Å²) in [6.07, 6.45) is 2.58. The van der Waals surface area contributed by atoms with Gasteiger partial charge in [-0.2, -0.15) is 11.8 Å². The molecule has 0 spiro atoms. The number of hydrogen-bond donors (Lipinski definition) is 2. The molecule has 0 saturated carbocycles. The van der Waals surface area contributed by atoms with Gasteiger partial charge in [-0.1, -0.05) is 13.3 Å². The first kappa shape index (κ1) is 18.2. The molecule has 3 N–H and O–H groups in total. The molecule has 0 rings (SSSR count). The van der Waals surface area contributed by atoms with Crippen molar-refractivity contribution < 1.29 is 14.3 Å². The molecule has 0 bridgehead atoms. The minimum atomic E-state index is -0.588. The lowest BCUT2D eigenvalue weighted by molar-refractivity contribution is -0.144. The van der Waals surface area contributed by atoms with Crippen LogP contribution in [0.3, 0.4) is 0 Å². The van der Waals surface area contributed by atoms with E-state index in [0.717, 1.165) is 12.8 Å². The lowest BCUT2D eigenvalue weighted by Gasteiger charge is -2.13. The predicted molar refractivity (Wildman–Crippen MR) is 79.1 cm³/mol. The maximum absolute atomic E-state index is 11.6. The summed E-state index contributed by atoms with van der Waals surface area (Å²) in [5.74, 6) is 0.749. The molecular formula is C13H26N2O3S. The zero-order valence-corrected chi connectivity index (χ0v) is 12.9. The Balaban J connectivity index is 3.63. The molecule has 5 nitrogen and oxygen atoms in total. The molecule has 0 aromatic heterocycles. The van der Waals surface area contributed by atoms with Crippen molar-refractivity contribution in [2.24, 2.45) is 5.73 Å². The van der Waals surface area contributed by atoms with E-state index in [1.54, 1.807) is 6.92 Å². The Kier molecular flexibility index (Phi) is 10.7. The monoisotopic (exact) mass is 290 g/mol. The van der Waals surface area contributed by atoms with Crippen LogP contribution in [0.2, 0.25) is 0 Å². The van der Waals surface area contributed by atoms with Crippen molar-refractivity contribution in [2.75, 3.05) is 18.1 Å². The number of esters is 1. The summed E-state index contributed by atoms with van der Waals surface area (Å²) < 4.78 is 4.81. The molecule has 0 aliphatic carbocycles. The zero-order chi connectivity index (χ0) is 14.7. The molecule has 0 fully saturated rings. The summed E-state index contributed by atoms with van der Waals surface area (Å²) in [5.41, 5.74) is 5.65. The summed E-state index contributed by atoms with van der Waals surface area (Å²) in [5, 5.41) is 2.93. The summed E-state index contributed by atoms with van der Waals surface area (Å²) in [6, 6.07) is -0.366. The Bertz CT molecular complexity index is 275. The lowest BCUT2D eigenvalue weighted by atomic mass is 10.2. The number of nitrogens with one attached hydrogen (secondary N) is 1. The van der Waals surface area contributed by atoms with Gasteiger partial charge in [-0.3, -0.25) is 9.59 Å². The Labute approximate surface area is 120 Å². The Morgan fingerprint density at radius 1 is 1.32 bits per heavy atom. The highest BCUT2D eigenvalue weighted by Gasteiger charge is 2.14. The predicted octanol–water partition coefficient (Wildman–Crippen LogP) is 1.30. The minimum Gasteiger partial charge on any atom is -0.465 e. The van der Waals surface area contributed by atoms with Crippen LogP contribution in [0, 0.1) is 0 Å². The van der Waals surface area contributed by atoms with E-state index < -0.39 is 6.04 Å². The number of carbonyl (C=O) groups excluding carboxylic acids is 2. The van der Waals surface area contributed by atoms with Gasteiger partial charge in [0.05, 0.1) is 12.4 Å². The van der Waals surface area contributed by atoms with Crippen molar-refractivity contribution in [2.45, 2.75) is 52.1 Å². The number of thioether (sulfide) groups is 1. The molecule has 0 saturated heterocycles. The van der Waals surface area contributed by atoms with Crippen molar-refractivity contribution >= 4 is 23.6 Å². The van der Waals surface area contributed by atoms with Crippen LogP contribution in [0.1, 0.15) is 40.0 Å². The van der Waals surface area contributed by atoms with Gasteiger partial charge < -0.3 is 15.8 Å². The number of hydrogen-bond acceptors (Lipinski definition) is 5. The molecule has 2 unspecified atom stereocenters. The average Bonchev–Trinajstić information content (AvgIpc) is 2.34. The Morgan fingerprint density at radius 2 is 2.00 bits per heavy atom. The van der Waals surface area contributed by atoms with Crippen LogP contribution in [-0.2, 0) is 14.3 Å². The summed E-state index contributed by atoms with van der Waals surface area (Å²) in [4.78, 5) is 22.8. The molecule has 0 aromatic rings. The normalized spacial score (nSPS) is 13.7. The van der Waals surface area contributed by atoms with Gasteiger partial charge >= 0.3 is 5.97 Å². The van der Waals surface area contributed by atoms with E-state index in [9.17, 15) is 9.59 Å². The van der Waals surface area contributed by atoms with Gasteiger partial charge in [0.25, 0.3) is 0 Å². The third-order valence-corrected chi connectivity index (χ3v) is 3.52. The highest BCUT2D eigenvalue weighted by molar-refractivity contribution is 7.99. The molecule has 19 heavy (non-hydrogen) atoms. The van der Waals surface area contributed by atoms with Crippen LogP contribution in [-0.4, -0.2) is 42.1 Å². The molecule has 0 aliphatic rings. The molecule has 1 amide bonds. The number of amides is 1. The maximum atomic E-state index is 11.6. The summed E-state index contributed by atoms with van der Waals surface area (Å²) >= 11 is 1.49. The Hall–Kier alpha value is -0.750. The third-order valence-electron chi connectivity index (χ3n) is 2.52. The van der Waals surface area contributed by atoms with Crippen molar-refractivity contribution in [3.63, 3.8) is 0 Å². The van der Waals surface area contributed by atoms with Crippen LogP contribution >= 0.6 is 11.8 Å². The van der Waals surface area contributed by atoms with E-state index in [2.05, 4.69) is 12.2 Å². The number of ether oxygens (including phenoxy) is 1. The number of nitrogens with two attached hydrogens (primary N) is 1. The molecular weight excluding hydrogens is 264 g/mol. The van der Waals surface area contributed by atoms with Crippen LogP contribution < -0.4 is 11.1 Å². The van der Waals surface area contributed by atoms with Gasteiger partial charge in [0.1, 0.15) is 6.04 Å². The van der Waals surface area contributed by atoms with Crippen LogP contribution in [0.25, 0.3) is 0 Å². The fourth-order valence-electron chi connectivity index (χ4n) is 1.56. The van der Waals surface area contributed by atoms with Gasteiger partial charge in [-0.05, 0) is 32.4 Å². The van der Waals surface area contributed by atoms with Crippen molar-refractivity contribution in [1.82, 2.24) is 5.32 Å². The topological polar surface area (TPSA) is 81.4 Å². The third kappa shape index (κ3) is 9.78. The number of carbonyl (C=O) groups is 2. The molecule has 0 aromatic carbocycles. The molecule has 112 valence electrons. The standard InChI is InChI=1S/C13H26N2O3S/c1-4-6-10(3)15-12(16)9-19-8-7-11(14)13(17)18-5-2/h10-11H,4-9,14H2,1-3H3,(H,15,16). The van der Waals surface area contributed by atoms with E-state index in [-0.39, 0.29) is 17.9 Å². The second kappa shape index (κ2) is 11.1. The van der Waals surface area contributed by atoms with E-state index in [1.165, 1.54) is 11.8 Å². The molecule has 0 radical (unpaired) electrons. The largest absolute Gasteiger partial charge is 0.465 e. The van der Waals surface area contributed by atoms with Crippen LogP contribution in [0.5, 0.6) is 0 Å². The smallest absolute Gasteiger partial charge is 0.322 e. The highest BCUT2D eigenvalue weighted by atomic mass is 32.2. The molecule has 2 atom stereocenters. The highest BCUT2D eigenvalue weighted by Crippen LogP contribution is 2.05. The first-order chi connectivity index (χ1) is 9.01. The van der Waals surface area contributed by atoms with Gasteiger partial charge in [-0.25, -0.2) is 0 Å². The van der Waals surface area contributed by atoms with E-state index >= 15 is 0 Å². The average molecular weight is 290 g/mol. The summed E-state index contributed by atoms with van der Waals surface area (Å²) in [6.45, 7) is 6.19. The van der Waals surface area contributed by atoms with E-state index in [1.807, 2.05) is 6.92 Å². The van der Waals surface area contributed by atoms with Gasteiger partial charge in [0.2, 0.25) is 5.91 Å². The fraction of sp³-hybridized carbons (Fsp3) is 0.846. The second-order valence-electron chi connectivity index (χ2n) is 4.46. The number of rotatable bonds is 10. The zero-order valence-electron chi connectivity index (χ0n) is 12.1. The van der Waals surface area contributed by atoms with Crippen molar-refractivity contribution in [1.29, 1.82) is 0 Å². The van der Waals surface area contributed by atoms with Crippen molar-refractivity contribution in [3.05, 3.63) is 0 Å². The summed E-state index contributed by atoms with van der Waals surface area (Å²) in [7, 11) is 0. The SMILES string of the molecule is CCCC(C)NC(=O)CSCCC(N)C(=O)OCC. The van der Waals surface area contributed by atoms with E-state index in [4.69, 9.17) is 10.5 Å². The quantitative estimate of drug-likeness (QED) is 0.468. The molecule has 6 heteroatoms. The second-order valence-corrected chi connectivity index (χ2v) is 5.56. The van der Waals surface area contributed by atoms with Gasteiger partial charge in [0.15, 0.2) is 0 Å². The first-order valence-electron chi connectivity index (χ1n) is 6.80. The van der Waals surface area contributed by atoms with Gasteiger partial charge in [0, 0.05) is 6.04 Å². The minimum absolute atomic E-state index is 0.0376. The molecule has 0 heterocycles. The van der Waals surface area contributed by atoms with Crippen LogP contribution in [0.4, 0.5) is 0 Å². The Morgan fingerprint density at radius 3 is 2.58 bits per heavy atom. The van der Waals surface area contributed by atoms with Gasteiger partial charge in [-0.15, -0.1) is 0 Å². The maximum Gasteiger partial charge on any atom is 0.322 e. The molecule has 0 aliphatic heterocycles. The lowest BCUT2D eigenvalue weighted by Crippen LogP contribution is -2.34. The van der Waals surface area contributed by atoms with Crippen molar-refractivity contribution in [3.8, 4) is 0 Å².